The lowest BCUT2D eigenvalue weighted by Gasteiger charge is -2.25. The number of nitro benzene ring substituents is 1. The lowest BCUT2D eigenvalue weighted by Crippen LogP contribution is -2.36. The Morgan fingerprint density at radius 3 is 2.80 bits per heavy atom. The molecule has 0 aliphatic carbocycles. The average molecular weight is 376 g/mol. The minimum Gasteiger partial charge on any atom is -0.480 e. The number of nitro groups is 1. The summed E-state index contributed by atoms with van der Waals surface area (Å²) in [7, 11) is 1.80. The van der Waals surface area contributed by atoms with Gasteiger partial charge in [-0.3, -0.25) is 24.7 Å². The van der Waals surface area contributed by atoms with Gasteiger partial charge in [-0.2, -0.15) is 0 Å². The van der Waals surface area contributed by atoms with Crippen LogP contribution in [0.15, 0.2) is 18.2 Å². The number of carboxylic acid groups (broad SMARTS) is 1. The molecule has 7 nitrogen and oxygen atoms in total. The first kappa shape index (κ1) is 21.3. The molecule has 0 aromatic heterocycles. The van der Waals surface area contributed by atoms with Crippen LogP contribution in [0, 0.1) is 15.9 Å². The number of likely N-dealkylation sites (N-methyl/N-ethyl adjacent to an activating group) is 1. The molecule has 1 heterocycles. The number of benzene rings is 1. The Kier molecular flexibility index (Phi) is 8.21. The molecule has 1 saturated heterocycles. The van der Waals surface area contributed by atoms with Gasteiger partial charge in [0.2, 0.25) is 0 Å². The summed E-state index contributed by atoms with van der Waals surface area (Å²) in [5.74, 6) is -1.33. The maximum atomic E-state index is 13.4. The Bertz CT molecular complexity index is 617. The molecule has 1 fully saturated rings. The van der Waals surface area contributed by atoms with Gasteiger partial charge in [-0.1, -0.05) is 0 Å². The molecule has 1 unspecified atom stereocenters. The fraction of sp³-hybridized carbons (Fsp3) is 0.562. The standard InChI is InChI=1S/C16H22FN3O4.ClH/c1-18(11-16(21)22)14-3-2-7-19(8-6-14)10-12-9-13(17)4-5-15(12)20(23)24;/h4-5,9,14H,2-3,6-8,10-11H2,1H3,(H,21,22);1H. The second-order valence-corrected chi connectivity index (χ2v) is 6.20. The molecule has 0 spiro atoms. The number of rotatable bonds is 6. The molecule has 1 aromatic rings. The summed E-state index contributed by atoms with van der Waals surface area (Å²) in [4.78, 5) is 25.3. The molecule has 2 rings (SSSR count). The van der Waals surface area contributed by atoms with Gasteiger partial charge in [0, 0.05) is 24.2 Å². The van der Waals surface area contributed by atoms with Crippen LogP contribution in [0.3, 0.4) is 0 Å². The summed E-state index contributed by atoms with van der Waals surface area (Å²) in [6.45, 7) is 1.77. The van der Waals surface area contributed by atoms with Gasteiger partial charge < -0.3 is 5.11 Å². The van der Waals surface area contributed by atoms with Gasteiger partial charge in [0.15, 0.2) is 0 Å². The van der Waals surface area contributed by atoms with E-state index in [0.29, 0.717) is 18.7 Å². The highest BCUT2D eigenvalue weighted by atomic mass is 35.5. The zero-order chi connectivity index (χ0) is 17.7. The molecule has 1 aliphatic heterocycles. The molecule has 0 radical (unpaired) electrons. The van der Waals surface area contributed by atoms with E-state index in [2.05, 4.69) is 4.90 Å². The van der Waals surface area contributed by atoms with Crippen molar-refractivity contribution in [2.24, 2.45) is 0 Å². The first-order valence-electron chi connectivity index (χ1n) is 7.94. The first-order chi connectivity index (χ1) is 11.4. The molecular weight excluding hydrogens is 353 g/mol. The quantitative estimate of drug-likeness (QED) is 0.607. The number of aliphatic carboxylic acids is 1. The monoisotopic (exact) mass is 375 g/mol. The first-order valence-corrected chi connectivity index (χ1v) is 7.94. The van der Waals surface area contributed by atoms with Gasteiger partial charge in [-0.05, 0) is 51.5 Å². The van der Waals surface area contributed by atoms with Gasteiger partial charge in [0.1, 0.15) is 5.82 Å². The van der Waals surface area contributed by atoms with Crippen molar-refractivity contribution in [2.45, 2.75) is 31.8 Å². The second-order valence-electron chi connectivity index (χ2n) is 6.20. The van der Waals surface area contributed by atoms with Crippen LogP contribution < -0.4 is 0 Å². The molecule has 25 heavy (non-hydrogen) atoms. The zero-order valence-electron chi connectivity index (χ0n) is 14.1. The molecule has 0 saturated carbocycles. The molecule has 9 heteroatoms. The number of nitrogens with zero attached hydrogens (tertiary/aromatic N) is 3. The van der Waals surface area contributed by atoms with E-state index in [9.17, 15) is 19.3 Å². The summed E-state index contributed by atoms with van der Waals surface area (Å²) in [6, 6.07) is 3.69. The van der Waals surface area contributed by atoms with Crippen molar-refractivity contribution >= 4 is 24.1 Å². The normalized spacial score (nSPS) is 18.4. The lowest BCUT2D eigenvalue weighted by molar-refractivity contribution is -0.385. The Balaban J connectivity index is 0.00000312. The number of carboxylic acids is 1. The van der Waals surface area contributed by atoms with Gasteiger partial charge in [-0.15, -0.1) is 12.4 Å². The van der Waals surface area contributed by atoms with Crippen molar-refractivity contribution in [2.75, 3.05) is 26.7 Å². The smallest absolute Gasteiger partial charge is 0.317 e. The van der Waals surface area contributed by atoms with Crippen LogP contribution in [0.1, 0.15) is 24.8 Å². The van der Waals surface area contributed by atoms with Gasteiger partial charge >= 0.3 is 5.97 Å². The van der Waals surface area contributed by atoms with Crippen LogP contribution in [-0.2, 0) is 11.3 Å². The number of likely N-dealkylation sites (tertiary alicyclic amines) is 1. The van der Waals surface area contributed by atoms with Crippen LogP contribution in [0.2, 0.25) is 0 Å². The molecule has 1 aliphatic rings. The van der Waals surface area contributed by atoms with E-state index >= 15 is 0 Å². The Morgan fingerprint density at radius 1 is 1.44 bits per heavy atom. The van der Waals surface area contributed by atoms with E-state index in [4.69, 9.17) is 5.11 Å². The molecule has 1 atom stereocenters. The Morgan fingerprint density at radius 2 is 2.16 bits per heavy atom. The van der Waals surface area contributed by atoms with Crippen molar-refractivity contribution in [3.8, 4) is 0 Å². The van der Waals surface area contributed by atoms with E-state index in [0.717, 1.165) is 31.9 Å². The number of hydrogen-bond acceptors (Lipinski definition) is 5. The zero-order valence-corrected chi connectivity index (χ0v) is 14.9. The van der Waals surface area contributed by atoms with E-state index in [-0.39, 0.29) is 30.7 Å². The third kappa shape index (κ3) is 6.22. The van der Waals surface area contributed by atoms with Crippen LogP contribution in [0.4, 0.5) is 10.1 Å². The van der Waals surface area contributed by atoms with Crippen molar-refractivity contribution in [3.05, 3.63) is 39.7 Å². The van der Waals surface area contributed by atoms with Crippen molar-refractivity contribution in [1.82, 2.24) is 9.80 Å². The topological polar surface area (TPSA) is 86.9 Å². The fourth-order valence-electron chi connectivity index (χ4n) is 3.18. The molecule has 0 amide bonds. The molecule has 0 bridgehead atoms. The number of hydrogen-bond donors (Lipinski definition) is 1. The van der Waals surface area contributed by atoms with E-state index in [1.165, 1.54) is 12.1 Å². The Hall–Kier alpha value is -1.77. The van der Waals surface area contributed by atoms with Gasteiger partial charge in [0.25, 0.3) is 5.69 Å². The summed E-state index contributed by atoms with van der Waals surface area (Å²) in [6.07, 6.45) is 2.54. The second kappa shape index (κ2) is 9.65. The highest BCUT2D eigenvalue weighted by Gasteiger charge is 2.23. The van der Waals surface area contributed by atoms with Gasteiger partial charge in [-0.25, -0.2) is 4.39 Å². The summed E-state index contributed by atoms with van der Waals surface area (Å²) in [5, 5.41) is 20.0. The van der Waals surface area contributed by atoms with Crippen molar-refractivity contribution in [3.63, 3.8) is 0 Å². The van der Waals surface area contributed by atoms with Crippen LogP contribution >= 0.6 is 12.4 Å². The third-order valence-corrected chi connectivity index (χ3v) is 4.43. The van der Waals surface area contributed by atoms with E-state index < -0.39 is 16.7 Å². The fourth-order valence-corrected chi connectivity index (χ4v) is 3.18. The molecular formula is C16H23ClFN3O4. The minimum absolute atomic E-state index is 0. The van der Waals surface area contributed by atoms with Gasteiger partial charge in [0.05, 0.1) is 11.5 Å². The molecule has 1 aromatic carbocycles. The van der Waals surface area contributed by atoms with Crippen molar-refractivity contribution < 1.29 is 19.2 Å². The molecule has 1 N–H and O–H groups in total. The predicted octanol–water partition coefficient (Wildman–Crippen LogP) is 2.53. The Labute approximate surface area is 152 Å². The SMILES string of the molecule is CN(CC(=O)O)C1CCCN(Cc2cc(F)ccc2[N+](=O)[O-])CC1.Cl. The summed E-state index contributed by atoms with van der Waals surface area (Å²) < 4.78 is 13.4. The predicted molar refractivity (Wildman–Crippen MR) is 93.5 cm³/mol. The average Bonchev–Trinajstić information content (AvgIpc) is 2.72. The number of halogens is 2. The number of carbonyl (C=O) groups is 1. The maximum Gasteiger partial charge on any atom is 0.317 e. The lowest BCUT2D eigenvalue weighted by atomic mass is 10.1. The van der Waals surface area contributed by atoms with Crippen molar-refractivity contribution in [1.29, 1.82) is 0 Å². The third-order valence-electron chi connectivity index (χ3n) is 4.43. The van der Waals surface area contributed by atoms with Crippen LogP contribution in [-0.4, -0.2) is 58.5 Å². The van der Waals surface area contributed by atoms with Crippen LogP contribution in [0.25, 0.3) is 0 Å². The molecule has 140 valence electrons. The summed E-state index contributed by atoms with van der Waals surface area (Å²) in [5.41, 5.74) is 0.303. The highest BCUT2D eigenvalue weighted by Crippen LogP contribution is 2.23. The summed E-state index contributed by atoms with van der Waals surface area (Å²) >= 11 is 0. The van der Waals surface area contributed by atoms with E-state index in [1.807, 2.05) is 4.90 Å². The minimum atomic E-state index is -0.853. The highest BCUT2D eigenvalue weighted by molar-refractivity contribution is 5.85. The van der Waals surface area contributed by atoms with E-state index in [1.54, 1.807) is 7.05 Å². The largest absolute Gasteiger partial charge is 0.480 e. The van der Waals surface area contributed by atoms with Crippen LogP contribution in [0.5, 0.6) is 0 Å². The maximum absolute atomic E-state index is 13.4.